The van der Waals surface area contributed by atoms with Crippen LogP contribution in [0.3, 0.4) is 0 Å². The number of aliphatic hydroxyl groups excluding tert-OH is 2. The van der Waals surface area contributed by atoms with Crippen LogP contribution in [-0.4, -0.2) is 23.2 Å². The molecule has 50 valence electrons. The van der Waals surface area contributed by atoms with Crippen LogP contribution in [0.4, 0.5) is 0 Å². The van der Waals surface area contributed by atoms with E-state index in [1.165, 1.54) is 0 Å². The molecule has 1 unspecified atom stereocenters. The molecule has 3 N–H and O–H groups in total. The van der Waals surface area contributed by atoms with E-state index in [2.05, 4.69) is 5.32 Å². The van der Waals surface area contributed by atoms with E-state index in [1.54, 1.807) is 0 Å². The standard InChI is InChI=1S/C5H13NO2/c1-4(2)5(8)6-3-7/h4-8H,3H2,1-2H3. The summed E-state index contributed by atoms with van der Waals surface area (Å²) in [4.78, 5) is 0. The molecule has 8 heavy (non-hydrogen) atoms. The highest BCUT2D eigenvalue weighted by molar-refractivity contribution is 4.52. The van der Waals surface area contributed by atoms with Gasteiger partial charge in [-0.1, -0.05) is 13.8 Å². The Labute approximate surface area is 49.3 Å². The fourth-order valence-electron chi connectivity index (χ4n) is 0.329. The van der Waals surface area contributed by atoms with E-state index in [9.17, 15) is 0 Å². The van der Waals surface area contributed by atoms with Crippen LogP contribution in [0.2, 0.25) is 0 Å². The van der Waals surface area contributed by atoms with Crippen LogP contribution < -0.4 is 5.32 Å². The Morgan fingerprint density at radius 3 is 2.12 bits per heavy atom. The third-order valence-corrected chi connectivity index (χ3v) is 0.932. The first-order chi connectivity index (χ1) is 3.68. The summed E-state index contributed by atoms with van der Waals surface area (Å²) >= 11 is 0. The highest BCUT2D eigenvalue weighted by Crippen LogP contribution is 1.94. The van der Waals surface area contributed by atoms with E-state index >= 15 is 0 Å². The number of nitrogens with one attached hydrogen (secondary N) is 1. The summed E-state index contributed by atoms with van der Waals surface area (Å²) in [5, 5.41) is 19.5. The van der Waals surface area contributed by atoms with E-state index in [0.717, 1.165) is 0 Å². The van der Waals surface area contributed by atoms with Gasteiger partial charge in [0.2, 0.25) is 0 Å². The Kier molecular flexibility index (Phi) is 3.77. The van der Waals surface area contributed by atoms with Gasteiger partial charge in [0.05, 0.1) is 6.73 Å². The molecule has 0 radical (unpaired) electrons. The molecule has 0 aromatic heterocycles. The molecule has 3 heteroatoms. The van der Waals surface area contributed by atoms with Crippen molar-refractivity contribution in [3.8, 4) is 0 Å². The van der Waals surface area contributed by atoms with Crippen molar-refractivity contribution in [3.05, 3.63) is 0 Å². The third kappa shape index (κ3) is 2.96. The first-order valence-electron chi connectivity index (χ1n) is 2.70. The van der Waals surface area contributed by atoms with Crippen LogP contribution in [0.15, 0.2) is 0 Å². The molecule has 0 aliphatic rings. The van der Waals surface area contributed by atoms with Gasteiger partial charge in [-0.25, -0.2) is 0 Å². The van der Waals surface area contributed by atoms with Gasteiger partial charge in [0.1, 0.15) is 6.23 Å². The van der Waals surface area contributed by atoms with Crippen molar-refractivity contribution < 1.29 is 10.2 Å². The van der Waals surface area contributed by atoms with Gasteiger partial charge in [-0.15, -0.1) is 0 Å². The van der Waals surface area contributed by atoms with Gasteiger partial charge in [-0.2, -0.15) is 0 Å². The van der Waals surface area contributed by atoms with Gasteiger partial charge in [0.25, 0.3) is 0 Å². The number of rotatable bonds is 3. The van der Waals surface area contributed by atoms with Gasteiger partial charge in [0, 0.05) is 0 Å². The lowest BCUT2D eigenvalue weighted by Crippen LogP contribution is -2.33. The smallest absolute Gasteiger partial charge is 0.108 e. The molecular formula is C5H13NO2. The average molecular weight is 119 g/mol. The minimum absolute atomic E-state index is 0.155. The molecule has 0 aromatic rings. The summed E-state index contributed by atoms with van der Waals surface area (Å²) in [6, 6.07) is 0. The second kappa shape index (κ2) is 3.83. The minimum Gasteiger partial charge on any atom is -0.381 e. The Morgan fingerprint density at radius 2 is 2.00 bits per heavy atom. The molecule has 3 nitrogen and oxygen atoms in total. The van der Waals surface area contributed by atoms with Crippen molar-refractivity contribution in [1.82, 2.24) is 5.32 Å². The molecule has 0 amide bonds. The summed E-state index contributed by atoms with van der Waals surface area (Å²) in [6.45, 7) is 3.57. The molecule has 0 aliphatic carbocycles. The second-order valence-electron chi connectivity index (χ2n) is 2.05. The van der Waals surface area contributed by atoms with Crippen molar-refractivity contribution in [1.29, 1.82) is 0 Å². The zero-order valence-corrected chi connectivity index (χ0v) is 5.26. The predicted molar refractivity (Wildman–Crippen MR) is 31.1 cm³/mol. The Hall–Kier alpha value is -0.120. The lowest BCUT2D eigenvalue weighted by atomic mass is 10.2. The largest absolute Gasteiger partial charge is 0.381 e. The molecule has 0 aromatic carbocycles. The van der Waals surface area contributed by atoms with Crippen molar-refractivity contribution in [2.24, 2.45) is 5.92 Å². The molecule has 0 aliphatic heterocycles. The third-order valence-electron chi connectivity index (χ3n) is 0.932. The van der Waals surface area contributed by atoms with Gasteiger partial charge >= 0.3 is 0 Å². The first-order valence-corrected chi connectivity index (χ1v) is 2.70. The summed E-state index contributed by atoms with van der Waals surface area (Å²) in [5.41, 5.74) is 0. The quantitative estimate of drug-likeness (QED) is 0.439. The lowest BCUT2D eigenvalue weighted by Gasteiger charge is -2.13. The van der Waals surface area contributed by atoms with E-state index in [-0.39, 0.29) is 12.6 Å². The normalized spacial score (nSPS) is 14.6. The van der Waals surface area contributed by atoms with E-state index < -0.39 is 6.23 Å². The summed E-state index contributed by atoms with van der Waals surface area (Å²) in [5.74, 6) is 0.155. The van der Waals surface area contributed by atoms with Crippen LogP contribution in [-0.2, 0) is 0 Å². The maximum atomic E-state index is 8.86. The van der Waals surface area contributed by atoms with E-state index in [4.69, 9.17) is 10.2 Å². The van der Waals surface area contributed by atoms with Crippen LogP contribution in [0.1, 0.15) is 13.8 Å². The number of hydrogen-bond acceptors (Lipinski definition) is 3. The second-order valence-corrected chi connectivity index (χ2v) is 2.05. The Morgan fingerprint density at radius 1 is 1.50 bits per heavy atom. The van der Waals surface area contributed by atoms with Crippen molar-refractivity contribution in [2.45, 2.75) is 20.1 Å². The maximum Gasteiger partial charge on any atom is 0.108 e. The zero-order valence-electron chi connectivity index (χ0n) is 5.26. The summed E-state index contributed by atoms with van der Waals surface area (Å²) < 4.78 is 0. The number of aliphatic hydroxyl groups is 2. The van der Waals surface area contributed by atoms with Crippen LogP contribution in [0, 0.1) is 5.92 Å². The fourth-order valence-corrected chi connectivity index (χ4v) is 0.329. The number of hydrogen-bond donors (Lipinski definition) is 3. The van der Waals surface area contributed by atoms with Crippen LogP contribution in [0.5, 0.6) is 0 Å². The van der Waals surface area contributed by atoms with Crippen molar-refractivity contribution >= 4 is 0 Å². The highest BCUT2D eigenvalue weighted by Gasteiger charge is 2.04. The van der Waals surface area contributed by atoms with Gasteiger partial charge in [-0.3, -0.25) is 5.32 Å². The predicted octanol–water partition coefficient (Wildman–Crippen LogP) is -0.500. The molecule has 0 spiro atoms. The Bertz CT molecular complexity index is 56.4. The summed E-state index contributed by atoms with van der Waals surface area (Å²) in [6.07, 6.45) is -0.583. The molecular weight excluding hydrogens is 106 g/mol. The molecule has 0 rings (SSSR count). The van der Waals surface area contributed by atoms with Crippen molar-refractivity contribution in [3.63, 3.8) is 0 Å². The van der Waals surface area contributed by atoms with Gasteiger partial charge < -0.3 is 10.2 Å². The Balaban J connectivity index is 3.17. The molecule has 0 fully saturated rings. The average Bonchev–Trinajstić information content (AvgIpc) is 1.67. The lowest BCUT2D eigenvalue weighted by molar-refractivity contribution is 0.0608. The molecule has 1 atom stereocenters. The fraction of sp³-hybridized carbons (Fsp3) is 1.00. The van der Waals surface area contributed by atoms with E-state index in [0.29, 0.717) is 0 Å². The zero-order chi connectivity index (χ0) is 6.57. The topological polar surface area (TPSA) is 52.5 Å². The molecule has 0 saturated carbocycles. The van der Waals surface area contributed by atoms with E-state index in [1.807, 2.05) is 13.8 Å². The highest BCUT2D eigenvalue weighted by atomic mass is 16.3. The van der Waals surface area contributed by atoms with Crippen LogP contribution >= 0.6 is 0 Å². The SMILES string of the molecule is CC(C)C(O)NCO. The molecule has 0 bridgehead atoms. The minimum atomic E-state index is -0.583. The molecule has 0 heterocycles. The van der Waals surface area contributed by atoms with Crippen molar-refractivity contribution in [2.75, 3.05) is 6.73 Å². The van der Waals surface area contributed by atoms with Gasteiger partial charge in [0.15, 0.2) is 0 Å². The summed E-state index contributed by atoms with van der Waals surface area (Å²) in [7, 11) is 0. The maximum absolute atomic E-state index is 8.86. The monoisotopic (exact) mass is 119 g/mol. The first kappa shape index (κ1) is 7.88. The van der Waals surface area contributed by atoms with Gasteiger partial charge in [-0.05, 0) is 5.92 Å². The van der Waals surface area contributed by atoms with Crippen LogP contribution in [0.25, 0.3) is 0 Å². The molecule has 0 saturated heterocycles.